The molecule has 0 aliphatic heterocycles. The van der Waals surface area contributed by atoms with Crippen LogP contribution >= 0.6 is 0 Å². The third-order valence-electron chi connectivity index (χ3n) is 1.45. The van der Waals surface area contributed by atoms with Crippen LogP contribution in [-0.2, 0) is 0 Å². The Morgan fingerprint density at radius 3 is 2.22 bits per heavy atom. The first-order valence-corrected chi connectivity index (χ1v) is 3.22. The number of nitrogens with one attached hydrogen (secondary N) is 1. The first-order valence-electron chi connectivity index (χ1n) is 3.22. The maximum Gasteiger partial charge on any atom is 0.0712 e. The summed E-state index contributed by atoms with van der Waals surface area (Å²) in [7, 11) is 1.72. The van der Waals surface area contributed by atoms with Crippen molar-refractivity contribution in [1.82, 2.24) is 5.32 Å². The molecular weight excluding hydrogens is 118 g/mol. The molecule has 0 spiro atoms. The number of hydrogen-bond acceptors (Lipinski definition) is 3. The molecule has 0 amide bonds. The maximum absolute atomic E-state index is 9.10. The molecule has 0 aromatic heterocycles. The average Bonchev–Trinajstić information content (AvgIpc) is 1.90. The van der Waals surface area contributed by atoms with Gasteiger partial charge in [0, 0.05) is 0 Å². The molecule has 0 heterocycles. The van der Waals surface area contributed by atoms with Crippen LogP contribution in [0.2, 0.25) is 0 Å². The molecule has 0 bridgehead atoms. The van der Waals surface area contributed by atoms with Crippen molar-refractivity contribution in [3.05, 3.63) is 0 Å². The standard InChI is InChI=1S/C6H15NO2/c1-3-6(9)5(4-8)7-2/h5-9H,3-4H2,1-2H3/t5-,6-/m1/s1. The molecule has 0 aromatic carbocycles. The predicted octanol–water partition coefficient (Wildman–Crippen LogP) is -0.662. The molecule has 3 nitrogen and oxygen atoms in total. The largest absolute Gasteiger partial charge is 0.395 e. The van der Waals surface area contributed by atoms with E-state index in [2.05, 4.69) is 5.32 Å². The quantitative estimate of drug-likeness (QED) is 0.477. The molecule has 0 fully saturated rings. The van der Waals surface area contributed by atoms with Crippen LogP contribution in [0.15, 0.2) is 0 Å². The smallest absolute Gasteiger partial charge is 0.0712 e. The Hall–Kier alpha value is -0.120. The highest BCUT2D eigenvalue weighted by Crippen LogP contribution is 1.95. The summed E-state index contributed by atoms with van der Waals surface area (Å²) in [5, 5.41) is 20.5. The topological polar surface area (TPSA) is 52.5 Å². The summed E-state index contributed by atoms with van der Waals surface area (Å²) in [5.74, 6) is 0. The second-order valence-corrected chi connectivity index (χ2v) is 2.05. The molecule has 0 aromatic rings. The molecule has 3 N–H and O–H groups in total. The van der Waals surface area contributed by atoms with E-state index in [1.807, 2.05) is 6.92 Å². The fourth-order valence-corrected chi connectivity index (χ4v) is 0.690. The van der Waals surface area contributed by atoms with E-state index < -0.39 is 6.10 Å². The summed E-state index contributed by atoms with van der Waals surface area (Å²) in [6.45, 7) is 1.87. The second kappa shape index (κ2) is 4.73. The first-order chi connectivity index (χ1) is 4.26. The molecule has 9 heavy (non-hydrogen) atoms. The lowest BCUT2D eigenvalue weighted by atomic mass is 10.1. The Labute approximate surface area is 55.7 Å². The van der Waals surface area contributed by atoms with Gasteiger partial charge in [0.05, 0.1) is 18.8 Å². The van der Waals surface area contributed by atoms with Crippen molar-refractivity contribution in [3.63, 3.8) is 0 Å². The fourth-order valence-electron chi connectivity index (χ4n) is 0.690. The summed E-state index contributed by atoms with van der Waals surface area (Å²) in [6, 6.07) is -0.171. The van der Waals surface area contributed by atoms with Gasteiger partial charge in [-0.3, -0.25) is 0 Å². The van der Waals surface area contributed by atoms with E-state index in [0.29, 0.717) is 6.42 Å². The Kier molecular flexibility index (Phi) is 4.67. The van der Waals surface area contributed by atoms with Crippen molar-refractivity contribution in [2.75, 3.05) is 13.7 Å². The van der Waals surface area contributed by atoms with E-state index in [1.165, 1.54) is 0 Å². The Morgan fingerprint density at radius 1 is 1.56 bits per heavy atom. The normalized spacial score (nSPS) is 17.3. The molecular formula is C6H15NO2. The van der Waals surface area contributed by atoms with Gasteiger partial charge >= 0.3 is 0 Å². The summed E-state index contributed by atoms with van der Waals surface area (Å²) >= 11 is 0. The first kappa shape index (κ1) is 8.88. The van der Waals surface area contributed by atoms with Crippen LogP contribution in [0.4, 0.5) is 0 Å². The molecule has 56 valence electrons. The zero-order chi connectivity index (χ0) is 7.28. The van der Waals surface area contributed by atoms with Gasteiger partial charge in [-0.25, -0.2) is 0 Å². The van der Waals surface area contributed by atoms with Crippen LogP contribution in [0.25, 0.3) is 0 Å². The van der Waals surface area contributed by atoms with Gasteiger partial charge in [-0.15, -0.1) is 0 Å². The predicted molar refractivity (Wildman–Crippen MR) is 36.2 cm³/mol. The minimum Gasteiger partial charge on any atom is -0.395 e. The molecule has 0 saturated heterocycles. The average molecular weight is 133 g/mol. The van der Waals surface area contributed by atoms with E-state index in [0.717, 1.165) is 0 Å². The number of hydrogen-bond donors (Lipinski definition) is 3. The van der Waals surface area contributed by atoms with Gasteiger partial charge in [-0.05, 0) is 13.5 Å². The monoisotopic (exact) mass is 133 g/mol. The number of aliphatic hydroxyl groups excluding tert-OH is 2. The van der Waals surface area contributed by atoms with Crippen molar-refractivity contribution in [2.24, 2.45) is 0 Å². The van der Waals surface area contributed by atoms with Crippen molar-refractivity contribution in [2.45, 2.75) is 25.5 Å². The van der Waals surface area contributed by atoms with Crippen molar-refractivity contribution >= 4 is 0 Å². The van der Waals surface area contributed by atoms with Gasteiger partial charge in [-0.1, -0.05) is 6.92 Å². The number of rotatable bonds is 4. The molecule has 0 rings (SSSR count). The molecule has 0 aliphatic carbocycles. The molecule has 0 saturated carbocycles. The van der Waals surface area contributed by atoms with Crippen LogP contribution in [0.5, 0.6) is 0 Å². The van der Waals surface area contributed by atoms with Crippen LogP contribution in [0, 0.1) is 0 Å². The third kappa shape index (κ3) is 2.79. The Balaban J connectivity index is 3.50. The summed E-state index contributed by atoms with van der Waals surface area (Å²) in [5.41, 5.74) is 0. The van der Waals surface area contributed by atoms with E-state index in [4.69, 9.17) is 10.2 Å². The lowest BCUT2D eigenvalue weighted by molar-refractivity contribution is 0.0911. The molecule has 3 heteroatoms. The van der Waals surface area contributed by atoms with Gasteiger partial charge in [0.15, 0.2) is 0 Å². The van der Waals surface area contributed by atoms with Gasteiger partial charge in [0.25, 0.3) is 0 Å². The fraction of sp³-hybridized carbons (Fsp3) is 1.00. The lowest BCUT2D eigenvalue weighted by Gasteiger charge is -2.17. The zero-order valence-corrected chi connectivity index (χ0v) is 5.96. The van der Waals surface area contributed by atoms with Crippen molar-refractivity contribution < 1.29 is 10.2 Å². The molecule has 0 unspecified atom stereocenters. The van der Waals surface area contributed by atoms with Crippen LogP contribution in [0.1, 0.15) is 13.3 Å². The molecule has 2 atom stereocenters. The van der Waals surface area contributed by atoms with Gasteiger partial charge in [0.2, 0.25) is 0 Å². The highest BCUT2D eigenvalue weighted by Gasteiger charge is 2.12. The maximum atomic E-state index is 9.10. The van der Waals surface area contributed by atoms with E-state index in [-0.39, 0.29) is 12.6 Å². The van der Waals surface area contributed by atoms with Gasteiger partial charge in [-0.2, -0.15) is 0 Å². The number of likely N-dealkylation sites (N-methyl/N-ethyl adjacent to an activating group) is 1. The highest BCUT2D eigenvalue weighted by molar-refractivity contribution is 4.70. The lowest BCUT2D eigenvalue weighted by Crippen LogP contribution is -2.40. The summed E-state index contributed by atoms with van der Waals surface area (Å²) < 4.78 is 0. The summed E-state index contributed by atoms with van der Waals surface area (Å²) in [4.78, 5) is 0. The van der Waals surface area contributed by atoms with Gasteiger partial charge < -0.3 is 15.5 Å². The van der Waals surface area contributed by atoms with E-state index in [9.17, 15) is 0 Å². The Morgan fingerprint density at radius 2 is 2.11 bits per heavy atom. The van der Waals surface area contributed by atoms with Crippen LogP contribution in [-0.4, -0.2) is 36.0 Å². The van der Waals surface area contributed by atoms with Crippen molar-refractivity contribution in [3.8, 4) is 0 Å². The van der Waals surface area contributed by atoms with E-state index in [1.54, 1.807) is 7.05 Å². The highest BCUT2D eigenvalue weighted by atomic mass is 16.3. The Bertz CT molecular complexity index is 64.1. The van der Waals surface area contributed by atoms with E-state index >= 15 is 0 Å². The molecule has 0 aliphatic rings. The molecule has 0 radical (unpaired) electrons. The minimum absolute atomic E-state index is 0.00843. The SMILES string of the molecule is CC[C@@H](O)[C@@H](CO)NC. The zero-order valence-electron chi connectivity index (χ0n) is 5.96. The second-order valence-electron chi connectivity index (χ2n) is 2.05. The number of aliphatic hydroxyl groups is 2. The van der Waals surface area contributed by atoms with Crippen LogP contribution < -0.4 is 5.32 Å². The van der Waals surface area contributed by atoms with Crippen molar-refractivity contribution in [1.29, 1.82) is 0 Å². The minimum atomic E-state index is -0.431. The van der Waals surface area contributed by atoms with Gasteiger partial charge in [0.1, 0.15) is 0 Å². The summed E-state index contributed by atoms with van der Waals surface area (Å²) in [6.07, 6.45) is 0.242. The van der Waals surface area contributed by atoms with Crippen LogP contribution in [0.3, 0.4) is 0 Å². The third-order valence-corrected chi connectivity index (χ3v) is 1.45.